The third-order valence-corrected chi connectivity index (χ3v) is 8.93. The number of benzene rings is 2. The highest BCUT2D eigenvalue weighted by Crippen LogP contribution is 2.29. The van der Waals surface area contributed by atoms with Crippen LogP contribution in [0.3, 0.4) is 0 Å². The molecule has 0 radical (unpaired) electrons. The van der Waals surface area contributed by atoms with Crippen LogP contribution in [0.5, 0.6) is 5.75 Å². The van der Waals surface area contributed by atoms with Crippen molar-refractivity contribution in [2.75, 3.05) is 24.5 Å². The zero-order chi connectivity index (χ0) is 32.2. The van der Waals surface area contributed by atoms with Crippen molar-refractivity contribution in [3.05, 3.63) is 82.8 Å². The van der Waals surface area contributed by atoms with Gasteiger partial charge in [-0.3, -0.25) is 4.79 Å². The molecule has 10 nitrogen and oxygen atoms in total. The molecule has 1 atom stereocenters. The summed E-state index contributed by atoms with van der Waals surface area (Å²) < 4.78 is 84.8. The van der Waals surface area contributed by atoms with Crippen molar-refractivity contribution in [2.24, 2.45) is 0 Å². The van der Waals surface area contributed by atoms with Gasteiger partial charge in [0.05, 0.1) is 16.2 Å². The largest absolute Gasteiger partial charge is 0.573 e. The summed E-state index contributed by atoms with van der Waals surface area (Å²) in [6.45, 7) is 2.73. The van der Waals surface area contributed by atoms with E-state index in [2.05, 4.69) is 22.0 Å². The minimum atomic E-state index is -4.97. The number of carbonyl (C=O) groups is 2. The highest BCUT2D eigenvalue weighted by atomic mass is 32.2. The summed E-state index contributed by atoms with van der Waals surface area (Å²) in [5.74, 6) is -3.91. The number of ether oxygens (including phenoxy) is 1. The quantitative estimate of drug-likeness (QED) is 0.315. The Morgan fingerprint density at radius 2 is 1.70 bits per heavy atom. The summed E-state index contributed by atoms with van der Waals surface area (Å²) in [5, 5.41) is 12.0. The number of aromatic carboxylic acids is 1. The first kappa shape index (κ1) is 32.7. The van der Waals surface area contributed by atoms with Gasteiger partial charge in [0.1, 0.15) is 11.8 Å². The molecule has 1 amide bonds. The fourth-order valence-electron chi connectivity index (χ4n) is 4.83. The molecule has 15 heteroatoms. The number of nitrogens with one attached hydrogen (secondary N) is 1. The first-order valence-electron chi connectivity index (χ1n) is 13.6. The lowest BCUT2D eigenvalue weighted by atomic mass is 10.1. The van der Waals surface area contributed by atoms with Gasteiger partial charge in [-0.15, -0.1) is 13.2 Å². The first-order valence-corrected chi connectivity index (χ1v) is 15.0. The molecule has 1 saturated heterocycles. The standard InChI is InChI=1S/C29H30F4N4O6S/c1-3-4-19-5-7-20(8-6-19)16-34-27(38)25-17-36(26-24(30)15-23(28(39)40)18(2)35-26)13-14-37(25)44(41,42)22-11-9-21(10-12-22)43-29(31,32)33/h5-12,15,25H,3-4,13-14,16-17H2,1-2H3,(H,34,38)(H,39,40). The monoisotopic (exact) mass is 638 g/mol. The number of amides is 1. The predicted octanol–water partition coefficient (Wildman–Crippen LogP) is 4.27. The van der Waals surface area contributed by atoms with Gasteiger partial charge in [-0.2, -0.15) is 4.31 Å². The highest BCUT2D eigenvalue weighted by molar-refractivity contribution is 7.89. The summed E-state index contributed by atoms with van der Waals surface area (Å²) in [7, 11) is -4.44. The summed E-state index contributed by atoms with van der Waals surface area (Å²) in [4.78, 5) is 30.0. The number of piperazine rings is 1. The molecule has 0 spiro atoms. The van der Waals surface area contributed by atoms with Crippen LogP contribution in [0.4, 0.5) is 23.4 Å². The lowest BCUT2D eigenvalue weighted by Crippen LogP contribution is -2.60. The van der Waals surface area contributed by atoms with Crippen LogP contribution in [0, 0.1) is 12.7 Å². The van der Waals surface area contributed by atoms with Gasteiger partial charge in [-0.25, -0.2) is 22.6 Å². The van der Waals surface area contributed by atoms with Gasteiger partial charge < -0.3 is 20.1 Å². The maximum Gasteiger partial charge on any atom is 0.573 e. The van der Waals surface area contributed by atoms with Crippen LogP contribution < -0.4 is 15.0 Å². The summed E-state index contributed by atoms with van der Waals surface area (Å²) in [5.41, 5.74) is 1.56. The zero-order valence-electron chi connectivity index (χ0n) is 23.8. The number of rotatable bonds is 10. The molecule has 0 bridgehead atoms. The number of anilines is 1. The number of aromatic nitrogens is 1. The number of hydrogen-bond donors (Lipinski definition) is 2. The van der Waals surface area contributed by atoms with E-state index in [0.29, 0.717) is 0 Å². The van der Waals surface area contributed by atoms with E-state index in [1.54, 1.807) is 0 Å². The Morgan fingerprint density at radius 3 is 2.30 bits per heavy atom. The molecule has 2 N–H and O–H groups in total. The lowest BCUT2D eigenvalue weighted by molar-refractivity contribution is -0.274. The van der Waals surface area contributed by atoms with Crippen molar-refractivity contribution in [3.63, 3.8) is 0 Å². The van der Waals surface area contributed by atoms with Crippen molar-refractivity contribution in [1.29, 1.82) is 0 Å². The van der Waals surface area contributed by atoms with Crippen molar-refractivity contribution in [3.8, 4) is 5.75 Å². The van der Waals surface area contributed by atoms with Gasteiger partial charge >= 0.3 is 12.3 Å². The summed E-state index contributed by atoms with van der Waals surface area (Å²) in [6, 6.07) is 10.5. The van der Waals surface area contributed by atoms with E-state index >= 15 is 4.39 Å². The van der Waals surface area contributed by atoms with Crippen molar-refractivity contribution >= 4 is 27.7 Å². The highest BCUT2D eigenvalue weighted by Gasteiger charge is 2.41. The molecular formula is C29H30F4N4O6S. The fraction of sp³-hybridized carbons (Fsp3) is 0.345. The van der Waals surface area contributed by atoms with E-state index in [4.69, 9.17) is 0 Å². The maximum absolute atomic E-state index is 15.0. The van der Waals surface area contributed by atoms with E-state index in [1.165, 1.54) is 11.8 Å². The molecule has 1 aliphatic rings. The number of carboxylic acids is 1. The third kappa shape index (κ3) is 7.63. The SMILES string of the molecule is CCCc1ccc(CNC(=O)C2CN(c3nc(C)c(C(=O)O)cc3F)CCN2S(=O)(=O)c2ccc(OC(F)(F)F)cc2)cc1. The maximum atomic E-state index is 15.0. The second-order valence-corrected chi connectivity index (χ2v) is 12.0. The average molecular weight is 639 g/mol. The smallest absolute Gasteiger partial charge is 0.478 e. The average Bonchev–Trinajstić information content (AvgIpc) is 2.96. The molecule has 4 rings (SSSR count). The number of nitrogens with zero attached hydrogens (tertiary/aromatic N) is 3. The molecular weight excluding hydrogens is 608 g/mol. The lowest BCUT2D eigenvalue weighted by Gasteiger charge is -2.40. The van der Waals surface area contributed by atoms with Crippen molar-refractivity contribution in [1.82, 2.24) is 14.6 Å². The van der Waals surface area contributed by atoms with Gasteiger partial charge in [0.2, 0.25) is 15.9 Å². The van der Waals surface area contributed by atoms with Crippen molar-refractivity contribution < 1.29 is 45.4 Å². The molecule has 2 aromatic carbocycles. The van der Waals surface area contributed by atoms with E-state index in [1.807, 2.05) is 24.3 Å². The predicted molar refractivity (Wildman–Crippen MR) is 151 cm³/mol. The Labute approximate surface area is 251 Å². The Morgan fingerprint density at radius 1 is 1.07 bits per heavy atom. The van der Waals surface area contributed by atoms with Crippen LogP contribution in [0.1, 0.15) is 40.5 Å². The normalized spacial score (nSPS) is 16.0. The number of pyridine rings is 1. The molecule has 1 aromatic heterocycles. The first-order chi connectivity index (χ1) is 20.7. The van der Waals surface area contributed by atoms with E-state index in [-0.39, 0.29) is 48.1 Å². The molecule has 1 aliphatic heterocycles. The number of hydrogen-bond acceptors (Lipinski definition) is 7. The van der Waals surface area contributed by atoms with Crippen LogP contribution in [0.25, 0.3) is 0 Å². The fourth-order valence-corrected chi connectivity index (χ4v) is 6.40. The molecule has 2 heterocycles. The Kier molecular flexibility index (Phi) is 9.78. The number of sulfonamides is 1. The molecule has 236 valence electrons. The summed E-state index contributed by atoms with van der Waals surface area (Å²) in [6.07, 6.45) is -3.12. The van der Waals surface area contributed by atoms with Gasteiger partial charge in [-0.05, 0) is 54.8 Å². The topological polar surface area (TPSA) is 129 Å². The zero-order valence-corrected chi connectivity index (χ0v) is 24.6. The van der Waals surface area contributed by atoms with E-state index in [9.17, 15) is 36.3 Å². The third-order valence-electron chi connectivity index (χ3n) is 7.00. The number of carbonyl (C=O) groups excluding carboxylic acids is 1. The van der Waals surface area contributed by atoms with Crippen LogP contribution in [-0.4, -0.2) is 66.7 Å². The molecule has 0 aliphatic carbocycles. The molecule has 44 heavy (non-hydrogen) atoms. The minimum Gasteiger partial charge on any atom is -0.478 e. The Hall–Kier alpha value is -4.24. The number of carboxylic acid groups (broad SMARTS) is 1. The van der Waals surface area contributed by atoms with Gasteiger partial charge in [-0.1, -0.05) is 37.6 Å². The number of alkyl halides is 3. The minimum absolute atomic E-state index is 0.0256. The second-order valence-electron chi connectivity index (χ2n) is 10.1. The van der Waals surface area contributed by atoms with Crippen LogP contribution in [0.15, 0.2) is 59.5 Å². The van der Waals surface area contributed by atoms with Crippen LogP contribution in [-0.2, 0) is 27.8 Å². The molecule has 0 saturated carbocycles. The number of aryl methyl sites for hydroxylation is 2. The van der Waals surface area contributed by atoms with Gasteiger partial charge in [0.15, 0.2) is 11.6 Å². The molecule has 1 fully saturated rings. The number of halogens is 4. The van der Waals surface area contributed by atoms with E-state index < -0.39 is 45.9 Å². The molecule has 3 aromatic rings. The van der Waals surface area contributed by atoms with Crippen LogP contribution in [0.2, 0.25) is 0 Å². The Balaban J connectivity index is 1.62. The Bertz CT molecular complexity index is 1620. The van der Waals surface area contributed by atoms with Crippen molar-refractivity contribution in [2.45, 2.75) is 50.5 Å². The van der Waals surface area contributed by atoms with Crippen LogP contribution >= 0.6 is 0 Å². The molecule has 1 unspecified atom stereocenters. The van der Waals surface area contributed by atoms with Gasteiger partial charge in [0.25, 0.3) is 0 Å². The van der Waals surface area contributed by atoms with E-state index in [0.717, 1.165) is 58.6 Å². The van der Waals surface area contributed by atoms with Gasteiger partial charge in [0, 0.05) is 26.2 Å². The summed E-state index contributed by atoms with van der Waals surface area (Å²) >= 11 is 0. The second kappa shape index (κ2) is 13.2.